The summed E-state index contributed by atoms with van der Waals surface area (Å²) in [6.45, 7) is 0.391. The summed E-state index contributed by atoms with van der Waals surface area (Å²) >= 11 is 1.72. The van der Waals surface area contributed by atoms with Crippen LogP contribution in [0.15, 0.2) is 0 Å². The van der Waals surface area contributed by atoms with Crippen LogP contribution in [-0.4, -0.2) is 15.7 Å². The van der Waals surface area contributed by atoms with Gasteiger partial charge in [-0.25, -0.2) is 0 Å². The second-order valence-electron chi connectivity index (χ2n) is 1.57. The van der Waals surface area contributed by atoms with E-state index >= 15 is 0 Å². The molecule has 1 unspecified atom stereocenters. The van der Waals surface area contributed by atoms with Gasteiger partial charge >= 0.3 is 0 Å². The monoisotopic (exact) mass is 228 g/mol. The molecule has 1 amide bonds. The average Bonchev–Trinajstić information content (AvgIpc) is 1.98. The lowest BCUT2D eigenvalue weighted by atomic mass is 10.5. The molecule has 0 saturated carbocycles. The van der Waals surface area contributed by atoms with E-state index in [9.17, 15) is 10.0 Å². The van der Waals surface area contributed by atoms with E-state index in [0.717, 1.165) is 3.22 Å². The third-order valence-corrected chi connectivity index (χ3v) is 2.07. The summed E-state index contributed by atoms with van der Waals surface area (Å²) in [5.41, 5.74) is 0. The van der Waals surface area contributed by atoms with Crippen molar-refractivity contribution in [1.82, 2.24) is 3.22 Å². The van der Waals surface area contributed by atoms with Gasteiger partial charge in [0.15, 0.2) is 0 Å². The smallest absolute Gasteiger partial charge is 0.284 e. The van der Waals surface area contributed by atoms with Crippen molar-refractivity contribution < 1.29 is 9.97 Å². The number of quaternary nitrogens is 1. The van der Waals surface area contributed by atoms with Gasteiger partial charge in [0.2, 0.25) is 0 Å². The zero-order chi connectivity index (χ0) is 6.15. The van der Waals surface area contributed by atoms with E-state index in [1.165, 1.54) is 0 Å². The predicted molar refractivity (Wildman–Crippen MR) is 34.7 cm³/mol. The largest absolute Gasteiger partial charge is 0.607 e. The number of hydrogen-bond acceptors (Lipinski definition) is 2. The molecule has 1 heterocycles. The maximum Gasteiger partial charge on any atom is 0.284 e. The van der Waals surface area contributed by atoms with Crippen molar-refractivity contribution >= 4 is 28.8 Å². The molecule has 0 aromatic heterocycles. The molecule has 4 nitrogen and oxygen atoms in total. The highest BCUT2D eigenvalue weighted by molar-refractivity contribution is 14.1. The fourth-order valence-electron chi connectivity index (χ4n) is 0.549. The Bertz CT molecular complexity index is 118. The van der Waals surface area contributed by atoms with Gasteiger partial charge < -0.3 is 5.21 Å². The number of carbonyl (C=O) groups excluding carboxylic acids is 1. The van der Waals surface area contributed by atoms with E-state index in [4.69, 9.17) is 0 Å². The number of nitrogens with zero attached hydrogens (tertiary/aromatic N) is 1. The van der Waals surface area contributed by atoms with Gasteiger partial charge in [0.25, 0.3) is 5.91 Å². The highest BCUT2D eigenvalue weighted by Gasteiger charge is 2.24. The standard InChI is InChI=1S/C3H5IN2O2/c4-6-3(7)1-2-5(6)8/h5H,1-2H2. The lowest BCUT2D eigenvalue weighted by Gasteiger charge is -2.18. The maximum absolute atomic E-state index is 10.5. The Kier molecular flexibility index (Phi) is 1.68. The Labute approximate surface area is 60.5 Å². The van der Waals surface area contributed by atoms with Crippen LogP contribution < -0.4 is 5.17 Å². The molecule has 0 aromatic carbocycles. The van der Waals surface area contributed by atoms with Crippen LogP contribution in [0, 0.1) is 5.21 Å². The molecule has 0 aliphatic carbocycles. The number of carbonyl (C=O) groups is 1. The van der Waals surface area contributed by atoms with Gasteiger partial charge in [-0.3, -0.25) is 9.97 Å². The second kappa shape index (κ2) is 2.16. The minimum Gasteiger partial charge on any atom is -0.607 e. The van der Waals surface area contributed by atoms with Crippen LogP contribution in [0.1, 0.15) is 6.42 Å². The van der Waals surface area contributed by atoms with Crippen LogP contribution in [0.25, 0.3) is 0 Å². The number of amides is 1. The van der Waals surface area contributed by atoms with Gasteiger partial charge in [-0.1, -0.05) is 0 Å². The summed E-state index contributed by atoms with van der Waals surface area (Å²) < 4.78 is 1.14. The molecule has 8 heavy (non-hydrogen) atoms. The molecular weight excluding hydrogens is 223 g/mol. The van der Waals surface area contributed by atoms with Gasteiger partial charge in [-0.15, -0.1) is 3.22 Å². The molecule has 1 aliphatic rings. The molecule has 1 saturated heterocycles. The topological polar surface area (TPSA) is 47.8 Å². The van der Waals surface area contributed by atoms with E-state index in [-0.39, 0.29) is 11.1 Å². The molecule has 5 heteroatoms. The van der Waals surface area contributed by atoms with Crippen LogP contribution in [0.3, 0.4) is 0 Å². The van der Waals surface area contributed by atoms with E-state index in [1.807, 2.05) is 0 Å². The van der Waals surface area contributed by atoms with Gasteiger partial charge in [-0.2, -0.15) is 0 Å². The Hall–Kier alpha value is 0.120. The lowest BCUT2D eigenvalue weighted by molar-refractivity contribution is -0.918. The third-order valence-electron chi connectivity index (χ3n) is 0.991. The zero-order valence-electron chi connectivity index (χ0n) is 4.06. The molecule has 0 spiro atoms. The van der Waals surface area contributed by atoms with Gasteiger partial charge in [-0.05, 0) is 0 Å². The van der Waals surface area contributed by atoms with Crippen molar-refractivity contribution in [2.24, 2.45) is 0 Å². The lowest BCUT2D eigenvalue weighted by Crippen LogP contribution is -3.09. The van der Waals surface area contributed by atoms with Crippen LogP contribution in [0.2, 0.25) is 0 Å². The second-order valence-corrected chi connectivity index (χ2v) is 2.53. The maximum atomic E-state index is 10.5. The fraction of sp³-hybridized carbons (Fsp3) is 0.667. The number of rotatable bonds is 0. The molecule has 0 aromatic rings. The number of halogens is 1. The van der Waals surface area contributed by atoms with Crippen molar-refractivity contribution in [2.45, 2.75) is 6.42 Å². The predicted octanol–water partition coefficient (Wildman–Crippen LogP) is -1.13. The average molecular weight is 228 g/mol. The molecule has 46 valence electrons. The van der Waals surface area contributed by atoms with Crippen molar-refractivity contribution in [3.63, 3.8) is 0 Å². The van der Waals surface area contributed by atoms with Crippen molar-refractivity contribution in [2.75, 3.05) is 6.54 Å². The van der Waals surface area contributed by atoms with Crippen LogP contribution in [-0.2, 0) is 4.79 Å². The Balaban J connectivity index is 2.56. The third kappa shape index (κ3) is 0.932. The molecule has 1 atom stereocenters. The van der Waals surface area contributed by atoms with Gasteiger partial charge in [0.1, 0.15) is 29.4 Å². The first-order valence-electron chi connectivity index (χ1n) is 2.23. The number of hydrogen-bond donors (Lipinski definition) is 1. The zero-order valence-corrected chi connectivity index (χ0v) is 6.21. The minimum absolute atomic E-state index is 0.0735. The summed E-state index contributed by atoms with van der Waals surface area (Å²) in [4.78, 5) is 10.5. The summed E-state index contributed by atoms with van der Waals surface area (Å²) in [5.74, 6) is -0.0735. The van der Waals surface area contributed by atoms with Crippen LogP contribution in [0.5, 0.6) is 0 Å². The normalized spacial score (nSPS) is 29.5. The van der Waals surface area contributed by atoms with E-state index < -0.39 is 0 Å². The van der Waals surface area contributed by atoms with E-state index in [0.29, 0.717) is 13.0 Å². The highest BCUT2D eigenvalue weighted by Crippen LogP contribution is 1.98. The molecule has 1 fully saturated rings. The summed E-state index contributed by atoms with van der Waals surface area (Å²) in [6.07, 6.45) is 0.391. The first kappa shape index (κ1) is 6.24. The molecular formula is C3H5IN2O2. The highest BCUT2D eigenvalue weighted by atomic mass is 127. The molecule has 1 aliphatic heterocycles. The molecule has 0 radical (unpaired) electrons. The minimum atomic E-state index is -0.0735. The van der Waals surface area contributed by atoms with Gasteiger partial charge in [0.05, 0.1) is 6.42 Å². The summed E-state index contributed by atoms with van der Waals surface area (Å²) in [7, 11) is 0. The number of nitrogens with one attached hydrogen (secondary N) is 1. The van der Waals surface area contributed by atoms with Crippen molar-refractivity contribution in [3.8, 4) is 0 Å². The fourth-order valence-corrected chi connectivity index (χ4v) is 1.03. The Morgan fingerprint density at radius 2 is 2.50 bits per heavy atom. The molecule has 1 rings (SSSR count). The molecule has 1 N–H and O–H groups in total. The van der Waals surface area contributed by atoms with Crippen molar-refractivity contribution in [1.29, 1.82) is 0 Å². The Morgan fingerprint density at radius 3 is 2.62 bits per heavy atom. The van der Waals surface area contributed by atoms with E-state index in [1.54, 1.807) is 22.9 Å². The summed E-state index contributed by atoms with van der Waals surface area (Å²) in [5, 5.41) is 10.4. The number of hydroxylamine groups is 1. The first-order valence-corrected chi connectivity index (χ1v) is 3.20. The summed E-state index contributed by atoms with van der Waals surface area (Å²) in [6, 6.07) is 0. The Morgan fingerprint density at radius 1 is 1.88 bits per heavy atom. The van der Waals surface area contributed by atoms with Crippen molar-refractivity contribution in [3.05, 3.63) is 5.21 Å². The van der Waals surface area contributed by atoms with Crippen LogP contribution in [0.4, 0.5) is 0 Å². The first-order chi connectivity index (χ1) is 3.72. The molecule has 0 bridgehead atoms. The SMILES string of the molecule is O=C1CC[NH+]([O-])N1I. The van der Waals surface area contributed by atoms with Gasteiger partial charge in [0, 0.05) is 0 Å². The van der Waals surface area contributed by atoms with E-state index in [2.05, 4.69) is 0 Å². The van der Waals surface area contributed by atoms with Crippen LogP contribution >= 0.6 is 22.9 Å². The quantitative estimate of drug-likeness (QED) is 0.324.